The van der Waals surface area contributed by atoms with Crippen molar-refractivity contribution in [2.75, 3.05) is 22.9 Å². The lowest BCUT2D eigenvalue weighted by Gasteiger charge is -2.16. The van der Waals surface area contributed by atoms with Gasteiger partial charge in [0.05, 0.1) is 21.7 Å². The van der Waals surface area contributed by atoms with Crippen LogP contribution in [0.5, 0.6) is 0 Å². The number of carbonyl (C=O) groups is 1. The predicted octanol–water partition coefficient (Wildman–Crippen LogP) is 3.46. The van der Waals surface area contributed by atoms with E-state index in [0.717, 1.165) is 20.6 Å². The van der Waals surface area contributed by atoms with Gasteiger partial charge in [-0.15, -0.1) is 11.3 Å². The monoisotopic (exact) mass is 405 g/mol. The molecule has 0 unspecified atom stereocenters. The number of anilines is 2. The molecular weight excluding hydrogens is 390 g/mol. The molecule has 0 spiro atoms. The maximum Gasteiger partial charge on any atom is 0.271 e. The third kappa shape index (κ3) is 4.07. The summed E-state index contributed by atoms with van der Waals surface area (Å²) in [4.78, 5) is 23.2. The van der Waals surface area contributed by atoms with Crippen LogP contribution in [0.4, 0.5) is 17.1 Å². The number of carbonyl (C=O) groups excluding carboxylic acids is 1. The fourth-order valence-electron chi connectivity index (χ4n) is 2.42. The Morgan fingerprint density at radius 2 is 1.93 bits per heavy atom. The highest BCUT2D eigenvalue weighted by atomic mass is 32.2. The minimum Gasteiger partial charge on any atom is -0.321 e. The highest BCUT2D eigenvalue weighted by Gasteiger charge is 2.16. The number of fused-ring (bicyclic) bond motifs is 1. The maximum absolute atomic E-state index is 12.5. The lowest BCUT2D eigenvalue weighted by Crippen LogP contribution is -2.24. The van der Waals surface area contributed by atoms with Gasteiger partial charge in [0.25, 0.3) is 11.6 Å². The second-order valence-corrected chi connectivity index (χ2v) is 8.92. The number of rotatable bonds is 5. The standard InChI is InChI=1S/C17H15N3O5S2/c1-19(27(2,24)25)13-6-7-15-11(8-13)9-16(26-15)17(21)18-12-4-3-5-14(10-12)20(22)23/h3-10H,1-2H3,(H,18,21). The second kappa shape index (κ2) is 6.97. The molecule has 0 saturated carbocycles. The molecule has 1 N–H and O–H groups in total. The van der Waals surface area contributed by atoms with Gasteiger partial charge in [-0.3, -0.25) is 19.2 Å². The normalized spacial score (nSPS) is 11.3. The number of hydrogen-bond donors (Lipinski definition) is 1. The molecule has 0 aliphatic rings. The molecule has 0 bridgehead atoms. The number of nitro groups is 1. The van der Waals surface area contributed by atoms with E-state index in [9.17, 15) is 23.3 Å². The third-order valence-electron chi connectivity index (χ3n) is 3.90. The van der Waals surface area contributed by atoms with Crippen molar-refractivity contribution in [3.63, 3.8) is 0 Å². The zero-order valence-electron chi connectivity index (χ0n) is 14.4. The predicted molar refractivity (Wildman–Crippen MR) is 106 cm³/mol. The third-order valence-corrected chi connectivity index (χ3v) is 6.22. The summed E-state index contributed by atoms with van der Waals surface area (Å²) < 4.78 is 25.3. The van der Waals surface area contributed by atoms with Crippen LogP contribution < -0.4 is 9.62 Å². The summed E-state index contributed by atoms with van der Waals surface area (Å²) in [6.07, 6.45) is 1.11. The Labute approximate surface area is 159 Å². The number of nitrogens with zero attached hydrogens (tertiary/aromatic N) is 2. The van der Waals surface area contributed by atoms with Crippen molar-refractivity contribution in [2.24, 2.45) is 0 Å². The van der Waals surface area contributed by atoms with Crippen LogP contribution in [0.2, 0.25) is 0 Å². The van der Waals surface area contributed by atoms with Crippen molar-refractivity contribution in [3.8, 4) is 0 Å². The molecule has 0 atom stereocenters. The van der Waals surface area contributed by atoms with E-state index in [4.69, 9.17) is 0 Å². The molecule has 10 heteroatoms. The average Bonchev–Trinajstić information content (AvgIpc) is 3.03. The lowest BCUT2D eigenvalue weighted by molar-refractivity contribution is -0.384. The van der Waals surface area contributed by atoms with Crippen molar-refractivity contribution < 1.29 is 18.1 Å². The molecule has 0 saturated heterocycles. The van der Waals surface area contributed by atoms with Crippen LogP contribution in [0, 0.1) is 10.1 Å². The zero-order chi connectivity index (χ0) is 19.8. The van der Waals surface area contributed by atoms with Gasteiger partial charge in [0.1, 0.15) is 0 Å². The van der Waals surface area contributed by atoms with Crippen LogP contribution in [0.1, 0.15) is 9.67 Å². The highest BCUT2D eigenvalue weighted by Crippen LogP contribution is 2.30. The summed E-state index contributed by atoms with van der Waals surface area (Å²) in [7, 11) is -1.93. The van der Waals surface area contributed by atoms with Crippen LogP contribution in [0.25, 0.3) is 10.1 Å². The minimum atomic E-state index is -3.38. The van der Waals surface area contributed by atoms with Crippen molar-refractivity contribution in [2.45, 2.75) is 0 Å². The van der Waals surface area contributed by atoms with Crippen molar-refractivity contribution in [1.82, 2.24) is 0 Å². The minimum absolute atomic E-state index is 0.113. The highest BCUT2D eigenvalue weighted by molar-refractivity contribution is 7.92. The number of amides is 1. The van der Waals surface area contributed by atoms with Gasteiger partial charge in [-0.25, -0.2) is 8.42 Å². The Balaban J connectivity index is 1.87. The molecule has 2 aromatic carbocycles. The number of hydrogen-bond acceptors (Lipinski definition) is 6. The second-order valence-electron chi connectivity index (χ2n) is 5.82. The summed E-state index contributed by atoms with van der Waals surface area (Å²) in [6, 6.07) is 12.5. The molecule has 0 aliphatic carbocycles. The summed E-state index contributed by atoms with van der Waals surface area (Å²) in [6.45, 7) is 0. The van der Waals surface area contributed by atoms with Gasteiger partial charge in [-0.2, -0.15) is 0 Å². The van der Waals surface area contributed by atoms with Gasteiger partial charge >= 0.3 is 0 Å². The number of sulfonamides is 1. The van der Waals surface area contributed by atoms with Crippen molar-refractivity contribution >= 4 is 54.4 Å². The summed E-state index contributed by atoms with van der Waals surface area (Å²) in [5.41, 5.74) is 0.704. The lowest BCUT2D eigenvalue weighted by atomic mass is 10.2. The van der Waals surface area contributed by atoms with E-state index in [1.165, 1.54) is 36.6 Å². The van der Waals surface area contributed by atoms with E-state index >= 15 is 0 Å². The summed E-state index contributed by atoms with van der Waals surface area (Å²) in [5.74, 6) is -0.394. The first-order valence-electron chi connectivity index (χ1n) is 7.68. The van der Waals surface area contributed by atoms with Gasteiger partial charge in [-0.05, 0) is 35.7 Å². The van der Waals surface area contributed by atoms with Crippen molar-refractivity contribution in [3.05, 3.63) is 63.5 Å². The Kier molecular flexibility index (Phi) is 4.85. The van der Waals surface area contributed by atoms with Crippen molar-refractivity contribution in [1.29, 1.82) is 0 Å². The first kappa shape index (κ1) is 18.8. The Morgan fingerprint density at radius 1 is 1.19 bits per heavy atom. The average molecular weight is 405 g/mol. The van der Waals surface area contributed by atoms with E-state index < -0.39 is 20.9 Å². The Morgan fingerprint density at radius 3 is 2.59 bits per heavy atom. The molecule has 1 aromatic heterocycles. The first-order chi connectivity index (χ1) is 12.6. The van der Waals surface area contributed by atoms with Crippen LogP contribution in [-0.4, -0.2) is 32.6 Å². The van der Waals surface area contributed by atoms with Gasteiger partial charge in [0.2, 0.25) is 10.0 Å². The summed E-state index contributed by atoms with van der Waals surface area (Å²) >= 11 is 1.25. The first-order valence-corrected chi connectivity index (χ1v) is 10.3. The molecule has 3 aromatic rings. The number of benzene rings is 2. The molecular formula is C17H15N3O5S2. The maximum atomic E-state index is 12.5. The van der Waals surface area contributed by atoms with E-state index in [2.05, 4.69) is 5.32 Å². The largest absolute Gasteiger partial charge is 0.321 e. The van der Waals surface area contributed by atoms with E-state index in [-0.39, 0.29) is 5.69 Å². The van der Waals surface area contributed by atoms with Crippen LogP contribution in [0.3, 0.4) is 0 Å². The van der Waals surface area contributed by atoms with E-state index in [1.54, 1.807) is 30.3 Å². The van der Waals surface area contributed by atoms with Crippen LogP contribution in [0.15, 0.2) is 48.5 Å². The SMILES string of the molecule is CN(c1ccc2sc(C(=O)Nc3cccc([N+](=O)[O-])c3)cc2c1)S(C)(=O)=O. The fraction of sp³-hybridized carbons (Fsp3) is 0.118. The molecule has 8 nitrogen and oxygen atoms in total. The topological polar surface area (TPSA) is 110 Å². The van der Waals surface area contributed by atoms with Crippen LogP contribution >= 0.6 is 11.3 Å². The molecule has 1 heterocycles. The zero-order valence-corrected chi connectivity index (χ0v) is 16.0. The van der Waals surface area contributed by atoms with Gasteiger partial charge in [0.15, 0.2) is 0 Å². The molecule has 27 heavy (non-hydrogen) atoms. The summed E-state index contributed by atoms with van der Waals surface area (Å²) in [5, 5.41) is 14.2. The molecule has 1 amide bonds. The molecule has 140 valence electrons. The van der Waals surface area contributed by atoms with Gasteiger partial charge in [-0.1, -0.05) is 6.07 Å². The van der Waals surface area contributed by atoms with Crippen LogP contribution in [-0.2, 0) is 10.0 Å². The Bertz CT molecular complexity index is 1150. The number of nitro benzene ring substituents is 1. The van der Waals surface area contributed by atoms with E-state index in [0.29, 0.717) is 16.3 Å². The number of non-ortho nitro benzene ring substituents is 1. The quantitative estimate of drug-likeness (QED) is 0.516. The molecule has 0 fully saturated rings. The molecule has 0 aliphatic heterocycles. The number of nitrogens with one attached hydrogen (secondary N) is 1. The smallest absolute Gasteiger partial charge is 0.271 e. The Hall–Kier alpha value is -2.98. The van der Waals surface area contributed by atoms with E-state index in [1.807, 2.05) is 0 Å². The van der Waals surface area contributed by atoms with Gasteiger partial charge in [0, 0.05) is 29.6 Å². The van der Waals surface area contributed by atoms with Gasteiger partial charge < -0.3 is 5.32 Å². The molecule has 0 radical (unpaired) electrons. The fourth-order valence-corrected chi connectivity index (χ4v) is 3.85. The number of thiophene rings is 1. The molecule has 3 rings (SSSR count).